The van der Waals surface area contributed by atoms with Crippen LogP contribution in [0.25, 0.3) is 0 Å². The van der Waals surface area contributed by atoms with Crippen LogP contribution in [0.5, 0.6) is 0 Å². The Labute approximate surface area is 117 Å². The number of primary amides is 1. The number of nitrogens with one attached hydrogen (secondary N) is 3. The maximum Gasteiger partial charge on any atom is 0.312 e. The summed E-state index contributed by atoms with van der Waals surface area (Å²) in [6.45, 7) is 4.50. The van der Waals surface area contributed by atoms with Crippen LogP contribution in [0.4, 0.5) is 10.6 Å². The third-order valence-electron chi connectivity index (χ3n) is 2.56. The average molecular weight is 280 g/mol. The van der Waals surface area contributed by atoms with Gasteiger partial charge in [0.25, 0.3) is 5.91 Å². The van der Waals surface area contributed by atoms with Crippen LogP contribution in [0.1, 0.15) is 35.8 Å². The van der Waals surface area contributed by atoms with E-state index in [0.29, 0.717) is 11.4 Å². The number of anilines is 1. The number of pyridine rings is 1. The fourth-order valence-electron chi connectivity index (χ4n) is 1.52. The highest BCUT2D eigenvalue weighted by Gasteiger charge is 2.11. The van der Waals surface area contributed by atoms with E-state index in [2.05, 4.69) is 21.0 Å². The minimum atomic E-state index is -0.625. The van der Waals surface area contributed by atoms with Gasteiger partial charge in [-0.15, -0.1) is 0 Å². The zero-order valence-corrected chi connectivity index (χ0v) is 11.6. The Hall–Kier alpha value is -2.35. The number of nitrogen functional groups attached to an aromatic ring is 1. The largest absolute Gasteiger partial charge is 0.352 e. The molecule has 20 heavy (non-hydrogen) atoms. The topological polar surface area (TPSA) is 135 Å². The van der Waals surface area contributed by atoms with Gasteiger partial charge in [-0.2, -0.15) is 0 Å². The highest BCUT2D eigenvalue weighted by molar-refractivity contribution is 5.95. The monoisotopic (exact) mass is 280 g/mol. The number of carbonyl (C=O) groups is 2. The van der Waals surface area contributed by atoms with Crippen LogP contribution in [0.3, 0.4) is 0 Å². The van der Waals surface area contributed by atoms with Crippen LogP contribution in [0, 0.1) is 0 Å². The van der Waals surface area contributed by atoms with Crippen LogP contribution in [-0.2, 0) is 0 Å². The number of urea groups is 1. The number of nitrogens with zero attached hydrogens (tertiary/aromatic N) is 1. The molecule has 0 spiro atoms. The summed E-state index contributed by atoms with van der Waals surface area (Å²) in [4.78, 5) is 26.7. The molecule has 1 heterocycles. The van der Waals surface area contributed by atoms with Gasteiger partial charge in [0, 0.05) is 24.3 Å². The second kappa shape index (κ2) is 7.29. The first-order chi connectivity index (χ1) is 9.43. The van der Waals surface area contributed by atoms with Gasteiger partial charge < -0.3 is 21.8 Å². The number of carbonyl (C=O) groups excluding carboxylic acids is 2. The van der Waals surface area contributed by atoms with Gasteiger partial charge in [0.1, 0.15) is 5.82 Å². The molecule has 8 nitrogen and oxygen atoms in total. The standard InChI is InChI=1S/C12H20N6O2/c1-7(2)9-5-8(6-10(17-9)18-14)11(19)15-3-4-16-12(13)20/h5-7H,3-4,14H2,1-2H3,(H,15,19)(H,17,18)(H3,13,16,20). The molecule has 0 radical (unpaired) electrons. The first-order valence-electron chi connectivity index (χ1n) is 6.24. The lowest BCUT2D eigenvalue weighted by molar-refractivity contribution is 0.0953. The first-order valence-corrected chi connectivity index (χ1v) is 6.24. The van der Waals surface area contributed by atoms with Gasteiger partial charge in [0.15, 0.2) is 0 Å². The number of amides is 3. The van der Waals surface area contributed by atoms with Crippen molar-refractivity contribution in [2.24, 2.45) is 11.6 Å². The SMILES string of the molecule is CC(C)c1cc(C(=O)NCCNC(N)=O)cc(NN)n1. The van der Waals surface area contributed by atoms with Gasteiger partial charge >= 0.3 is 6.03 Å². The minimum absolute atomic E-state index is 0.173. The Morgan fingerprint density at radius 3 is 2.45 bits per heavy atom. The van der Waals surface area contributed by atoms with Crippen molar-refractivity contribution in [3.63, 3.8) is 0 Å². The van der Waals surface area contributed by atoms with Gasteiger partial charge in [0.2, 0.25) is 0 Å². The van der Waals surface area contributed by atoms with E-state index in [0.717, 1.165) is 5.69 Å². The van der Waals surface area contributed by atoms with E-state index in [1.807, 2.05) is 13.8 Å². The normalized spacial score (nSPS) is 10.2. The lowest BCUT2D eigenvalue weighted by atomic mass is 10.1. The van der Waals surface area contributed by atoms with Crippen LogP contribution in [0.2, 0.25) is 0 Å². The molecule has 0 aliphatic carbocycles. The average Bonchev–Trinajstić information content (AvgIpc) is 2.42. The molecule has 0 saturated heterocycles. The molecule has 0 saturated carbocycles. The van der Waals surface area contributed by atoms with E-state index in [1.165, 1.54) is 0 Å². The van der Waals surface area contributed by atoms with Crippen molar-refractivity contribution >= 4 is 17.8 Å². The van der Waals surface area contributed by atoms with Crippen LogP contribution >= 0.6 is 0 Å². The van der Waals surface area contributed by atoms with Gasteiger partial charge in [0.05, 0.1) is 0 Å². The van der Waals surface area contributed by atoms with Gasteiger partial charge in [-0.1, -0.05) is 13.8 Å². The Kier molecular flexibility index (Phi) is 5.73. The van der Waals surface area contributed by atoms with Crippen LogP contribution in [0.15, 0.2) is 12.1 Å². The smallest absolute Gasteiger partial charge is 0.312 e. The lowest BCUT2D eigenvalue weighted by Gasteiger charge is -2.11. The van der Waals surface area contributed by atoms with Crippen LogP contribution < -0.4 is 27.6 Å². The van der Waals surface area contributed by atoms with E-state index in [1.54, 1.807) is 12.1 Å². The highest BCUT2D eigenvalue weighted by Crippen LogP contribution is 2.17. The molecule has 0 aliphatic rings. The molecular formula is C12H20N6O2. The number of aromatic nitrogens is 1. The van der Waals surface area contributed by atoms with Crippen molar-refractivity contribution in [3.05, 3.63) is 23.4 Å². The van der Waals surface area contributed by atoms with E-state index >= 15 is 0 Å². The van der Waals surface area contributed by atoms with E-state index < -0.39 is 6.03 Å². The summed E-state index contributed by atoms with van der Waals surface area (Å²) < 4.78 is 0. The molecule has 0 aliphatic heterocycles. The second-order valence-electron chi connectivity index (χ2n) is 4.51. The molecule has 0 bridgehead atoms. The fourth-order valence-corrected chi connectivity index (χ4v) is 1.52. The van der Waals surface area contributed by atoms with Gasteiger partial charge in [-0.25, -0.2) is 15.6 Å². The van der Waals surface area contributed by atoms with Crippen molar-refractivity contribution in [1.29, 1.82) is 0 Å². The fraction of sp³-hybridized carbons (Fsp3) is 0.417. The molecule has 0 aromatic carbocycles. The Balaban J connectivity index is 2.71. The molecule has 1 aromatic rings. The molecule has 3 amide bonds. The van der Waals surface area contributed by atoms with Crippen LogP contribution in [-0.4, -0.2) is 30.0 Å². The summed E-state index contributed by atoms with van der Waals surface area (Å²) in [7, 11) is 0. The van der Waals surface area contributed by atoms with Crippen molar-refractivity contribution in [2.45, 2.75) is 19.8 Å². The Morgan fingerprint density at radius 1 is 1.25 bits per heavy atom. The Bertz CT molecular complexity index is 489. The molecule has 0 unspecified atom stereocenters. The second-order valence-corrected chi connectivity index (χ2v) is 4.51. The zero-order valence-electron chi connectivity index (χ0n) is 11.6. The summed E-state index contributed by atoms with van der Waals surface area (Å²) >= 11 is 0. The predicted octanol–water partition coefficient (Wildman–Crippen LogP) is -0.111. The molecule has 0 fully saturated rings. The molecule has 1 rings (SSSR count). The molecule has 8 heteroatoms. The quantitative estimate of drug-likeness (QED) is 0.281. The van der Waals surface area contributed by atoms with Gasteiger partial charge in [-0.3, -0.25) is 4.79 Å². The number of nitrogens with two attached hydrogens (primary N) is 2. The minimum Gasteiger partial charge on any atom is -0.352 e. The van der Waals surface area contributed by atoms with E-state index in [-0.39, 0.29) is 24.9 Å². The number of hydrazine groups is 1. The molecular weight excluding hydrogens is 260 g/mol. The molecule has 0 atom stereocenters. The van der Waals surface area contributed by atoms with E-state index in [9.17, 15) is 9.59 Å². The zero-order chi connectivity index (χ0) is 15.1. The predicted molar refractivity (Wildman–Crippen MR) is 76.1 cm³/mol. The van der Waals surface area contributed by atoms with Crippen molar-refractivity contribution in [3.8, 4) is 0 Å². The molecule has 7 N–H and O–H groups in total. The number of rotatable bonds is 6. The third-order valence-corrected chi connectivity index (χ3v) is 2.56. The number of hydrogen-bond acceptors (Lipinski definition) is 5. The maximum atomic E-state index is 12.0. The van der Waals surface area contributed by atoms with E-state index in [4.69, 9.17) is 11.6 Å². The lowest BCUT2D eigenvalue weighted by Crippen LogP contribution is -2.37. The number of hydrogen-bond donors (Lipinski definition) is 5. The van der Waals surface area contributed by atoms with Crippen molar-refractivity contribution in [1.82, 2.24) is 15.6 Å². The third kappa shape index (κ3) is 4.73. The maximum absolute atomic E-state index is 12.0. The highest BCUT2D eigenvalue weighted by atomic mass is 16.2. The first kappa shape index (κ1) is 15.7. The molecule has 110 valence electrons. The van der Waals surface area contributed by atoms with Gasteiger partial charge in [-0.05, 0) is 18.1 Å². The summed E-state index contributed by atoms with van der Waals surface area (Å²) in [5.41, 5.74) is 8.57. The van der Waals surface area contributed by atoms with Crippen molar-refractivity contribution in [2.75, 3.05) is 18.5 Å². The Morgan fingerprint density at radius 2 is 1.90 bits per heavy atom. The molecule has 1 aromatic heterocycles. The summed E-state index contributed by atoms with van der Waals surface area (Å²) in [6.07, 6.45) is 0. The summed E-state index contributed by atoms with van der Waals surface area (Å²) in [6, 6.07) is 2.64. The van der Waals surface area contributed by atoms with Crippen molar-refractivity contribution < 1.29 is 9.59 Å². The summed E-state index contributed by atoms with van der Waals surface area (Å²) in [5.74, 6) is 5.67. The summed E-state index contributed by atoms with van der Waals surface area (Å²) in [5, 5.41) is 5.05.